The normalized spacial score (nSPS) is 24.9. The molecule has 0 spiro atoms. The zero-order valence-corrected chi connectivity index (χ0v) is 14.1. The molecule has 3 atom stereocenters. The molecule has 0 aromatic carbocycles. The molecule has 5 heteroatoms. The lowest BCUT2D eigenvalue weighted by molar-refractivity contribution is 0.0299. The van der Waals surface area contributed by atoms with Crippen LogP contribution in [0.1, 0.15) is 50.7 Å². The van der Waals surface area contributed by atoms with Crippen molar-refractivity contribution >= 4 is 16.5 Å². The highest BCUT2D eigenvalue weighted by Crippen LogP contribution is 2.33. The molecule has 4 nitrogen and oxygen atoms in total. The van der Waals surface area contributed by atoms with Crippen molar-refractivity contribution in [3.8, 4) is 0 Å². The number of nitrogens with zero attached hydrogens (tertiary/aromatic N) is 2. The van der Waals surface area contributed by atoms with Crippen molar-refractivity contribution in [2.75, 3.05) is 24.6 Å². The molecule has 0 saturated carbocycles. The molecule has 1 N–H and O–H groups in total. The van der Waals surface area contributed by atoms with Crippen LogP contribution in [-0.4, -0.2) is 36.8 Å². The maximum absolute atomic E-state index is 5.78. The van der Waals surface area contributed by atoms with E-state index < -0.39 is 0 Å². The summed E-state index contributed by atoms with van der Waals surface area (Å²) in [6.45, 7) is 13.6. The maximum atomic E-state index is 5.78. The van der Waals surface area contributed by atoms with Crippen LogP contribution in [0.15, 0.2) is 0 Å². The molecule has 2 heterocycles. The van der Waals surface area contributed by atoms with Gasteiger partial charge in [-0.15, -0.1) is 11.3 Å². The summed E-state index contributed by atoms with van der Waals surface area (Å²) in [7, 11) is 0. The highest BCUT2D eigenvalue weighted by atomic mass is 32.1. The van der Waals surface area contributed by atoms with Gasteiger partial charge in [-0.25, -0.2) is 4.98 Å². The Labute approximate surface area is 126 Å². The zero-order valence-electron chi connectivity index (χ0n) is 13.3. The number of morpholine rings is 1. The molecule has 114 valence electrons. The standard InChI is InChI=1S/C15H27N3OS/c1-6-13-9-19-10(3)8-18(13)15-17-12(5)14(20-15)11(4)16-7-2/h10-11,13,16H,6-9H2,1-5H3. The predicted octanol–water partition coefficient (Wildman–Crippen LogP) is 3.13. The number of aromatic nitrogens is 1. The summed E-state index contributed by atoms with van der Waals surface area (Å²) in [5, 5.41) is 4.64. The number of hydrogen-bond donors (Lipinski definition) is 1. The van der Waals surface area contributed by atoms with Crippen LogP contribution in [0.3, 0.4) is 0 Å². The summed E-state index contributed by atoms with van der Waals surface area (Å²) < 4.78 is 5.78. The molecule has 0 radical (unpaired) electrons. The maximum Gasteiger partial charge on any atom is 0.186 e. The first-order valence-corrected chi connectivity index (χ1v) is 8.47. The molecular weight excluding hydrogens is 270 g/mol. The monoisotopic (exact) mass is 297 g/mol. The van der Waals surface area contributed by atoms with Crippen molar-refractivity contribution in [2.45, 2.75) is 59.2 Å². The fourth-order valence-electron chi connectivity index (χ4n) is 2.73. The van der Waals surface area contributed by atoms with Crippen molar-refractivity contribution in [2.24, 2.45) is 0 Å². The van der Waals surface area contributed by atoms with Crippen LogP contribution in [0, 0.1) is 6.92 Å². The Morgan fingerprint density at radius 1 is 1.50 bits per heavy atom. The molecular formula is C15H27N3OS. The average molecular weight is 297 g/mol. The molecule has 1 aliphatic heterocycles. The van der Waals surface area contributed by atoms with E-state index in [0.29, 0.717) is 12.1 Å². The van der Waals surface area contributed by atoms with Gasteiger partial charge in [0.15, 0.2) is 5.13 Å². The molecule has 1 saturated heterocycles. The highest BCUT2D eigenvalue weighted by Gasteiger charge is 2.28. The predicted molar refractivity (Wildman–Crippen MR) is 85.8 cm³/mol. The lowest BCUT2D eigenvalue weighted by Crippen LogP contribution is -2.48. The summed E-state index contributed by atoms with van der Waals surface area (Å²) in [5.74, 6) is 0. The number of anilines is 1. The van der Waals surface area contributed by atoms with Gasteiger partial charge in [0, 0.05) is 17.5 Å². The minimum atomic E-state index is 0.289. The van der Waals surface area contributed by atoms with Gasteiger partial charge in [-0.3, -0.25) is 0 Å². The van der Waals surface area contributed by atoms with Gasteiger partial charge < -0.3 is 15.0 Å². The van der Waals surface area contributed by atoms with E-state index in [1.54, 1.807) is 0 Å². The second kappa shape index (κ2) is 6.87. The fourth-order valence-corrected chi connectivity index (χ4v) is 3.91. The number of aryl methyl sites for hydroxylation is 1. The first-order chi connectivity index (χ1) is 9.56. The van der Waals surface area contributed by atoms with Crippen LogP contribution in [0.25, 0.3) is 0 Å². The molecule has 1 fully saturated rings. The van der Waals surface area contributed by atoms with E-state index in [1.807, 2.05) is 11.3 Å². The number of ether oxygens (including phenoxy) is 1. The minimum absolute atomic E-state index is 0.289. The van der Waals surface area contributed by atoms with Crippen molar-refractivity contribution in [3.05, 3.63) is 10.6 Å². The van der Waals surface area contributed by atoms with Crippen LogP contribution in [0.5, 0.6) is 0 Å². The Kier molecular flexibility index (Phi) is 5.41. The zero-order chi connectivity index (χ0) is 14.7. The molecule has 2 rings (SSSR count). The van der Waals surface area contributed by atoms with E-state index in [9.17, 15) is 0 Å². The molecule has 1 aromatic heterocycles. The third-order valence-electron chi connectivity index (χ3n) is 3.91. The summed E-state index contributed by atoms with van der Waals surface area (Å²) in [6.07, 6.45) is 1.39. The number of thiazole rings is 1. The third-order valence-corrected chi connectivity index (χ3v) is 5.29. The van der Waals surface area contributed by atoms with Gasteiger partial charge in [0.2, 0.25) is 0 Å². The van der Waals surface area contributed by atoms with Crippen LogP contribution in [-0.2, 0) is 4.74 Å². The smallest absolute Gasteiger partial charge is 0.186 e. The van der Waals surface area contributed by atoms with E-state index in [1.165, 1.54) is 4.88 Å². The van der Waals surface area contributed by atoms with Gasteiger partial charge in [-0.1, -0.05) is 13.8 Å². The Bertz CT molecular complexity index is 435. The van der Waals surface area contributed by atoms with Gasteiger partial charge in [0.1, 0.15) is 0 Å². The van der Waals surface area contributed by atoms with Crippen molar-refractivity contribution < 1.29 is 4.74 Å². The second-order valence-corrected chi connectivity index (χ2v) is 6.59. The molecule has 0 bridgehead atoms. The Morgan fingerprint density at radius 3 is 2.90 bits per heavy atom. The van der Waals surface area contributed by atoms with Crippen LogP contribution in [0.2, 0.25) is 0 Å². The van der Waals surface area contributed by atoms with E-state index in [0.717, 1.165) is 36.9 Å². The first kappa shape index (κ1) is 15.7. The van der Waals surface area contributed by atoms with Crippen LogP contribution < -0.4 is 10.2 Å². The summed E-state index contributed by atoms with van der Waals surface area (Å²) in [4.78, 5) is 8.61. The largest absolute Gasteiger partial charge is 0.375 e. The fraction of sp³-hybridized carbons (Fsp3) is 0.800. The minimum Gasteiger partial charge on any atom is -0.375 e. The van der Waals surface area contributed by atoms with Gasteiger partial charge in [-0.2, -0.15) is 0 Å². The van der Waals surface area contributed by atoms with E-state index in [4.69, 9.17) is 9.72 Å². The Morgan fingerprint density at radius 2 is 2.25 bits per heavy atom. The second-order valence-electron chi connectivity index (χ2n) is 5.58. The Balaban J connectivity index is 2.21. The Hall–Kier alpha value is -0.650. The molecule has 0 amide bonds. The topological polar surface area (TPSA) is 37.4 Å². The van der Waals surface area contributed by atoms with Crippen molar-refractivity contribution in [3.63, 3.8) is 0 Å². The first-order valence-electron chi connectivity index (χ1n) is 7.65. The van der Waals surface area contributed by atoms with E-state index >= 15 is 0 Å². The van der Waals surface area contributed by atoms with E-state index in [2.05, 4.69) is 44.8 Å². The van der Waals surface area contributed by atoms with Crippen LogP contribution >= 0.6 is 11.3 Å². The van der Waals surface area contributed by atoms with Crippen molar-refractivity contribution in [1.29, 1.82) is 0 Å². The lowest BCUT2D eigenvalue weighted by Gasteiger charge is -2.38. The molecule has 1 aromatic rings. The number of rotatable bonds is 5. The molecule has 3 unspecified atom stereocenters. The molecule has 1 aliphatic rings. The van der Waals surface area contributed by atoms with E-state index in [-0.39, 0.29) is 6.10 Å². The summed E-state index contributed by atoms with van der Waals surface area (Å²) in [5.41, 5.74) is 1.16. The highest BCUT2D eigenvalue weighted by molar-refractivity contribution is 7.15. The molecule has 0 aliphatic carbocycles. The van der Waals surface area contributed by atoms with Gasteiger partial charge >= 0.3 is 0 Å². The van der Waals surface area contributed by atoms with Gasteiger partial charge in [0.05, 0.1) is 24.4 Å². The third kappa shape index (κ3) is 3.32. The molecule has 20 heavy (non-hydrogen) atoms. The lowest BCUT2D eigenvalue weighted by atomic mass is 10.1. The van der Waals surface area contributed by atoms with Gasteiger partial charge in [0.25, 0.3) is 0 Å². The quantitative estimate of drug-likeness (QED) is 0.906. The summed E-state index contributed by atoms with van der Waals surface area (Å²) >= 11 is 1.83. The van der Waals surface area contributed by atoms with Crippen LogP contribution in [0.4, 0.5) is 5.13 Å². The van der Waals surface area contributed by atoms with Crippen molar-refractivity contribution in [1.82, 2.24) is 10.3 Å². The number of nitrogens with one attached hydrogen (secondary N) is 1. The average Bonchev–Trinajstić information content (AvgIpc) is 2.81. The van der Waals surface area contributed by atoms with Gasteiger partial charge in [-0.05, 0) is 33.7 Å². The SMILES string of the molecule is CCNC(C)c1sc(N2CC(C)OCC2CC)nc1C. The summed E-state index contributed by atoms with van der Waals surface area (Å²) in [6, 6.07) is 0.837. The number of hydrogen-bond acceptors (Lipinski definition) is 5.